The largest absolute Gasteiger partial charge is 0.345 e. The van der Waals surface area contributed by atoms with Gasteiger partial charge in [-0.25, -0.2) is 19.3 Å². The minimum atomic E-state index is -0.774. The van der Waals surface area contributed by atoms with Crippen LogP contribution >= 0.6 is 34.5 Å². The molecule has 0 spiro atoms. The molecule has 1 saturated heterocycles. The van der Waals surface area contributed by atoms with Crippen molar-refractivity contribution < 1.29 is 4.39 Å². The highest BCUT2D eigenvalue weighted by Gasteiger charge is 2.24. The number of alkyl halides is 1. The Labute approximate surface area is 123 Å². The second-order valence-electron chi connectivity index (χ2n) is 4.17. The van der Waals surface area contributed by atoms with Crippen LogP contribution in [0.15, 0.2) is 12.4 Å². The molecular formula is C11H9Cl2FN4S. The zero-order valence-corrected chi connectivity index (χ0v) is 12.0. The van der Waals surface area contributed by atoms with Crippen molar-refractivity contribution in [3.05, 3.63) is 22.7 Å². The Balaban J connectivity index is 1.90. The van der Waals surface area contributed by atoms with Crippen molar-refractivity contribution in [1.82, 2.24) is 15.0 Å². The zero-order valence-electron chi connectivity index (χ0n) is 9.68. The van der Waals surface area contributed by atoms with E-state index in [9.17, 15) is 4.39 Å². The van der Waals surface area contributed by atoms with E-state index in [2.05, 4.69) is 15.0 Å². The van der Waals surface area contributed by atoms with Crippen molar-refractivity contribution in [3.8, 4) is 10.6 Å². The highest BCUT2D eigenvalue weighted by molar-refractivity contribution is 7.18. The Bertz CT molecular complexity index is 606. The lowest BCUT2D eigenvalue weighted by Gasteiger charge is -2.12. The molecule has 0 aromatic carbocycles. The molecule has 0 N–H and O–H groups in total. The van der Waals surface area contributed by atoms with E-state index in [-0.39, 0.29) is 5.28 Å². The zero-order chi connectivity index (χ0) is 13.4. The first-order valence-electron chi connectivity index (χ1n) is 5.67. The summed E-state index contributed by atoms with van der Waals surface area (Å²) in [6.07, 6.45) is 2.91. The quantitative estimate of drug-likeness (QED) is 0.795. The van der Waals surface area contributed by atoms with E-state index in [1.807, 2.05) is 4.90 Å². The Kier molecular flexibility index (Phi) is 3.56. The number of anilines is 1. The number of hydrogen-bond acceptors (Lipinski definition) is 5. The van der Waals surface area contributed by atoms with Gasteiger partial charge < -0.3 is 4.90 Å². The number of aromatic nitrogens is 3. The van der Waals surface area contributed by atoms with Crippen LogP contribution in [0.2, 0.25) is 10.3 Å². The van der Waals surface area contributed by atoms with Crippen molar-refractivity contribution in [2.24, 2.45) is 0 Å². The molecule has 1 atom stereocenters. The van der Waals surface area contributed by atoms with E-state index >= 15 is 0 Å². The van der Waals surface area contributed by atoms with Gasteiger partial charge in [-0.05, 0) is 18.0 Å². The van der Waals surface area contributed by atoms with Crippen molar-refractivity contribution in [2.45, 2.75) is 12.6 Å². The summed E-state index contributed by atoms with van der Waals surface area (Å²) in [6.45, 7) is 1.08. The van der Waals surface area contributed by atoms with E-state index in [0.717, 1.165) is 10.0 Å². The van der Waals surface area contributed by atoms with E-state index in [1.54, 1.807) is 6.20 Å². The summed E-state index contributed by atoms with van der Waals surface area (Å²) in [4.78, 5) is 14.9. The molecule has 0 bridgehead atoms. The van der Waals surface area contributed by atoms with E-state index in [1.165, 1.54) is 17.5 Å². The third kappa shape index (κ3) is 2.66. The van der Waals surface area contributed by atoms with Crippen LogP contribution in [0.1, 0.15) is 6.42 Å². The first-order chi connectivity index (χ1) is 9.13. The molecule has 1 aliphatic heterocycles. The van der Waals surface area contributed by atoms with Gasteiger partial charge in [0.2, 0.25) is 5.28 Å². The minimum Gasteiger partial charge on any atom is -0.345 e. The van der Waals surface area contributed by atoms with Gasteiger partial charge in [-0.3, -0.25) is 0 Å². The summed E-state index contributed by atoms with van der Waals surface area (Å²) in [5.41, 5.74) is 0.557. The average Bonchev–Trinajstić information content (AvgIpc) is 3.00. The molecule has 8 heteroatoms. The van der Waals surface area contributed by atoms with Gasteiger partial charge >= 0.3 is 0 Å². The van der Waals surface area contributed by atoms with E-state index < -0.39 is 6.17 Å². The fourth-order valence-electron chi connectivity index (χ4n) is 1.93. The van der Waals surface area contributed by atoms with Gasteiger partial charge in [0.05, 0.1) is 22.6 Å². The molecular weight excluding hydrogens is 310 g/mol. The monoisotopic (exact) mass is 318 g/mol. The molecule has 19 heavy (non-hydrogen) atoms. The maximum atomic E-state index is 13.2. The van der Waals surface area contributed by atoms with Crippen molar-refractivity contribution in [3.63, 3.8) is 0 Å². The summed E-state index contributed by atoms with van der Waals surface area (Å²) in [5.74, 6) is 0. The summed E-state index contributed by atoms with van der Waals surface area (Å²) >= 11 is 13.2. The van der Waals surface area contributed by atoms with Crippen LogP contribution in [0.5, 0.6) is 0 Å². The molecule has 4 nitrogen and oxygen atoms in total. The molecule has 0 radical (unpaired) electrons. The highest BCUT2D eigenvalue weighted by atomic mass is 35.5. The lowest BCUT2D eigenvalue weighted by atomic mass is 10.3. The lowest BCUT2D eigenvalue weighted by molar-refractivity contribution is 0.364. The van der Waals surface area contributed by atoms with Crippen LogP contribution in [-0.2, 0) is 0 Å². The molecule has 2 aromatic rings. The van der Waals surface area contributed by atoms with Crippen LogP contribution in [-0.4, -0.2) is 34.2 Å². The topological polar surface area (TPSA) is 41.9 Å². The van der Waals surface area contributed by atoms with Gasteiger partial charge in [-0.1, -0.05) is 22.9 Å². The number of rotatable bonds is 2. The maximum absolute atomic E-state index is 13.2. The maximum Gasteiger partial charge on any atom is 0.223 e. The molecule has 0 amide bonds. The fraction of sp³-hybridized carbons (Fsp3) is 0.364. The molecule has 0 saturated carbocycles. The van der Waals surface area contributed by atoms with Crippen LogP contribution in [0, 0.1) is 0 Å². The molecule has 3 rings (SSSR count). The summed E-state index contributed by atoms with van der Waals surface area (Å²) < 4.78 is 13.2. The number of hydrogen-bond donors (Lipinski definition) is 0. The summed E-state index contributed by atoms with van der Waals surface area (Å²) in [6, 6.07) is 0. The third-order valence-corrected chi connectivity index (χ3v) is 4.37. The second-order valence-corrected chi connectivity index (χ2v) is 5.93. The average molecular weight is 319 g/mol. The minimum absolute atomic E-state index is 0.138. The lowest BCUT2D eigenvalue weighted by Crippen LogP contribution is -2.19. The number of nitrogens with zero attached hydrogens (tertiary/aromatic N) is 4. The van der Waals surface area contributed by atoms with Crippen molar-refractivity contribution in [1.29, 1.82) is 0 Å². The first kappa shape index (κ1) is 13.0. The Morgan fingerprint density at radius 3 is 2.89 bits per heavy atom. The van der Waals surface area contributed by atoms with Gasteiger partial charge in [0, 0.05) is 12.7 Å². The van der Waals surface area contributed by atoms with Crippen LogP contribution < -0.4 is 4.90 Å². The standard InChI is InChI=1S/C11H9Cl2FN4S/c12-7-3-15-10(13)17-9(7)8-4-16-11(19-8)18-2-1-6(14)5-18/h3-4,6H,1-2,5H2. The Morgan fingerprint density at radius 2 is 2.16 bits per heavy atom. The van der Waals surface area contributed by atoms with Crippen molar-refractivity contribution in [2.75, 3.05) is 18.0 Å². The van der Waals surface area contributed by atoms with Crippen LogP contribution in [0.3, 0.4) is 0 Å². The first-order valence-corrected chi connectivity index (χ1v) is 7.24. The van der Waals surface area contributed by atoms with Crippen LogP contribution in [0.4, 0.5) is 9.52 Å². The highest BCUT2D eigenvalue weighted by Crippen LogP contribution is 2.35. The molecule has 1 unspecified atom stereocenters. The summed E-state index contributed by atoms with van der Waals surface area (Å²) in [5, 5.41) is 1.34. The van der Waals surface area contributed by atoms with E-state index in [0.29, 0.717) is 30.2 Å². The fourth-order valence-corrected chi connectivity index (χ4v) is 3.27. The smallest absolute Gasteiger partial charge is 0.223 e. The van der Waals surface area contributed by atoms with Gasteiger partial charge in [-0.15, -0.1) is 0 Å². The normalized spacial score (nSPS) is 19.1. The van der Waals surface area contributed by atoms with Crippen LogP contribution in [0.25, 0.3) is 10.6 Å². The third-order valence-electron chi connectivity index (χ3n) is 2.84. The van der Waals surface area contributed by atoms with Gasteiger partial charge in [0.25, 0.3) is 0 Å². The number of halogens is 3. The molecule has 2 aromatic heterocycles. The Morgan fingerprint density at radius 1 is 1.32 bits per heavy atom. The molecule has 1 fully saturated rings. The van der Waals surface area contributed by atoms with Gasteiger partial charge in [-0.2, -0.15) is 0 Å². The SMILES string of the molecule is FC1CCN(c2ncc(-c3nc(Cl)ncc3Cl)s2)C1. The summed E-state index contributed by atoms with van der Waals surface area (Å²) in [7, 11) is 0. The molecule has 3 heterocycles. The van der Waals surface area contributed by atoms with Gasteiger partial charge in [0.1, 0.15) is 11.9 Å². The van der Waals surface area contributed by atoms with E-state index in [4.69, 9.17) is 23.2 Å². The predicted octanol–water partition coefficient (Wildman–Crippen LogP) is 3.46. The predicted molar refractivity (Wildman–Crippen MR) is 74.9 cm³/mol. The second kappa shape index (κ2) is 5.19. The molecule has 0 aliphatic carbocycles. The Hall–Kier alpha value is -0.980. The molecule has 1 aliphatic rings. The molecule has 100 valence electrons. The van der Waals surface area contributed by atoms with Gasteiger partial charge in [0.15, 0.2) is 5.13 Å². The van der Waals surface area contributed by atoms with Crippen molar-refractivity contribution >= 4 is 39.7 Å². The number of thiazole rings is 1.